The minimum Gasteiger partial charge on any atom is -0.490 e. The summed E-state index contributed by atoms with van der Waals surface area (Å²) >= 11 is 0. The van der Waals surface area contributed by atoms with Gasteiger partial charge >= 0.3 is 0 Å². The van der Waals surface area contributed by atoms with Crippen LogP contribution in [0, 0.1) is 0 Å². The van der Waals surface area contributed by atoms with Crippen molar-refractivity contribution >= 4 is 15.4 Å². The number of hydrogen-bond donors (Lipinski definition) is 0. The first kappa shape index (κ1) is 17.4. The quantitative estimate of drug-likeness (QED) is 0.745. The molecule has 0 aromatic heterocycles. The van der Waals surface area contributed by atoms with E-state index in [0.29, 0.717) is 12.6 Å². The Kier molecular flexibility index (Phi) is 4.90. The van der Waals surface area contributed by atoms with Crippen molar-refractivity contribution in [2.45, 2.75) is 44.6 Å². The number of allylic oxidation sites excluding steroid dienone is 3. The zero-order valence-electron chi connectivity index (χ0n) is 14.9. The Morgan fingerprint density at radius 3 is 2.46 bits per heavy atom. The number of fused-ring (bicyclic) bond motifs is 1. The van der Waals surface area contributed by atoms with Crippen molar-refractivity contribution in [3.05, 3.63) is 59.3 Å². The molecule has 1 aromatic rings. The van der Waals surface area contributed by atoms with Crippen molar-refractivity contribution < 1.29 is 13.2 Å². The van der Waals surface area contributed by atoms with E-state index in [1.54, 1.807) is 0 Å². The highest BCUT2D eigenvalue weighted by Gasteiger charge is 2.25. The molecule has 1 saturated carbocycles. The van der Waals surface area contributed by atoms with Crippen LogP contribution in [0.25, 0.3) is 5.57 Å². The van der Waals surface area contributed by atoms with E-state index in [-0.39, 0.29) is 5.75 Å². The van der Waals surface area contributed by atoms with Crippen LogP contribution in [0.2, 0.25) is 0 Å². The van der Waals surface area contributed by atoms with Gasteiger partial charge in [-0.2, -0.15) is 0 Å². The first-order valence-electron chi connectivity index (χ1n) is 9.48. The largest absolute Gasteiger partial charge is 0.490 e. The van der Waals surface area contributed by atoms with Gasteiger partial charge in [-0.25, -0.2) is 8.42 Å². The molecule has 4 nitrogen and oxygen atoms in total. The molecule has 0 amide bonds. The van der Waals surface area contributed by atoms with Crippen molar-refractivity contribution in [1.82, 2.24) is 4.90 Å². The summed E-state index contributed by atoms with van der Waals surface area (Å²) in [6.45, 7) is 0.505. The fourth-order valence-electron chi connectivity index (χ4n) is 3.85. The van der Waals surface area contributed by atoms with E-state index in [1.807, 2.05) is 47.5 Å². The maximum absolute atomic E-state index is 12.0. The summed E-state index contributed by atoms with van der Waals surface area (Å²) in [4.78, 5) is 2.01. The highest BCUT2D eigenvalue weighted by atomic mass is 32.2. The van der Waals surface area contributed by atoms with E-state index in [2.05, 4.69) is 0 Å². The summed E-state index contributed by atoms with van der Waals surface area (Å²) in [6, 6.07) is 8.05. The van der Waals surface area contributed by atoms with Crippen LogP contribution in [0.5, 0.6) is 5.75 Å². The van der Waals surface area contributed by atoms with Crippen LogP contribution in [0.4, 0.5) is 0 Å². The van der Waals surface area contributed by atoms with Gasteiger partial charge < -0.3 is 9.64 Å². The van der Waals surface area contributed by atoms with Gasteiger partial charge in [-0.15, -0.1) is 0 Å². The molecule has 0 N–H and O–H groups in total. The lowest BCUT2D eigenvalue weighted by Gasteiger charge is -2.31. The SMILES string of the molecule is O=S1(=O)C=C2C(c3ccc(OC4CCCCCC4)cc3)=CC=CN2CC1. The first-order chi connectivity index (χ1) is 12.6. The first-order valence-corrected chi connectivity index (χ1v) is 11.2. The number of ether oxygens (including phenoxy) is 1. The molecule has 0 atom stereocenters. The van der Waals surface area contributed by atoms with Crippen molar-refractivity contribution in [2.24, 2.45) is 0 Å². The molecule has 1 aliphatic carbocycles. The predicted molar refractivity (Wildman–Crippen MR) is 104 cm³/mol. The van der Waals surface area contributed by atoms with Crippen LogP contribution in [-0.2, 0) is 9.84 Å². The van der Waals surface area contributed by atoms with Gasteiger partial charge in [-0.05, 0) is 49.5 Å². The van der Waals surface area contributed by atoms with Crippen LogP contribution < -0.4 is 4.74 Å². The number of hydrogen-bond acceptors (Lipinski definition) is 4. The summed E-state index contributed by atoms with van der Waals surface area (Å²) in [6.07, 6.45) is 13.6. The molecule has 26 heavy (non-hydrogen) atoms. The van der Waals surface area contributed by atoms with Crippen LogP contribution in [0.3, 0.4) is 0 Å². The van der Waals surface area contributed by atoms with Gasteiger partial charge in [-0.3, -0.25) is 0 Å². The zero-order valence-corrected chi connectivity index (χ0v) is 15.7. The highest BCUT2D eigenvalue weighted by molar-refractivity contribution is 7.94. The summed E-state index contributed by atoms with van der Waals surface area (Å²) in [5, 5.41) is 1.40. The third kappa shape index (κ3) is 3.88. The molecule has 5 heteroatoms. The summed E-state index contributed by atoms with van der Waals surface area (Å²) < 4.78 is 30.2. The molecule has 0 saturated heterocycles. The van der Waals surface area contributed by atoms with E-state index < -0.39 is 9.84 Å². The van der Waals surface area contributed by atoms with Gasteiger partial charge in [0.1, 0.15) is 5.75 Å². The number of sulfone groups is 1. The van der Waals surface area contributed by atoms with Crippen molar-refractivity contribution in [1.29, 1.82) is 0 Å². The molecule has 4 rings (SSSR count). The lowest BCUT2D eigenvalue weighted by atomic mass is 10.00. The second kappa shape index (κ2) is 7.31. The Morgan fingerprint density at radius 2 is 1.73 bits per heavy atom. The minimum atomic E-state index is -3.13. The summed E-state index contributed by atoms with van der Waals surface area (Å²) in [7, 11) is -3.13. The summed E-state index contributed by atoms with van der Waals surface area (Å²) in [5.41, 5.74) is 2.71. The topological polar surface area (TPSA) is 46.6 Å². The van der Waals surface area contributed by atoms with E-state index in [9.17, 15) is 8.42 Å². The Labute approximate surface area is 155 Å². The molecular weight excluding hydrogens is 346 g/mol. The molecule has 0 radical (unpaired) electrons. The van der Waals surface area contributed by atoms with Gasteiger partial charge in [0, 0.05) is 18.3 Å². The van der Waals surface area contributed by atoms with Crippen LogP contribution in [-0.4, -0.2) is 31.7 Å². The molecule has 0 unspecified atom stereocenters. The molecule has 1 fully saturated rings. The lowest BCUT2D eigenvalue weighted by molar-refractivity contribution is 0.184. The molecule has 0 spiro atoms. The second-order valence-corrected chi connectivity index (χ2v) is 9.21. The highest BCUT2D eigenvalue weighted by Crippen LogP contribution is 2.33. The van der Waals surface area contributed by atoms with Crippen molar-refractivity contribution in [3.8, 4) is 5.75 Å². The van der Waals surface area contributed by atoms with Crippen molar-refractivity contribution in [2.75, 3.05) is 12.3 Å². The molecule has 2 aliphatic heterocycles. The van der Waals surface area contributed by atoms with Gasteiger partial charge in [0.25, 0.3) is 0 Å². The van der Waals surface area contributed by atoms with Gasteiger partial charge in [0.15, 0.2) is 9.84 Å². The Morgan fingerprint density at radius 1 is 1.00 bits per heavy atom. The zero-order chi connectivity index (χ0) is 18.0. The van der Waals surface area contributed by atoms with Gasteiger partial charge in [-0.1, -0.05) is 31.1 Å². The number of nitrogens with zero attached hydrogens (tertiary/aromatic N) is 1. The van der Waals surface area contributed by atoms with Gasteiger partial charge in [0.05, 0.1) is 23.0 Å². The summed E-state index contributed by atoms with van der Waals surface area (Å²) in [5.74, 6) is 1.07. The molecule has 1 aromatic carbocycles. The Bertz CT molecular complexity index is 842. The fraction of sp³-hybridized carbons (Fsp3) is 0.429. The monoisotopic (exact) mass is 371 g/mol. The Balaban J connectivity index is 1.53. The standard InChI is InChI=1S/C21H25NO3S/c23-26(24)15-14-22-13-5-8-20(21(22)16-26)17-9-11-19(12-10-17)25-18-6-3-1-2-4-7-18/h5,8-13,16,18H,1-4,6-7,14-15H2. The third-order valence-electron chi connectivity index (χ3n) is 5.29. The van der Waals surface area contributed by atoms with E-state index >= 15 is 0 Å². The van der Waals surface area contributed by atoms with Crippen LogP contribution >= 0.6 is 0 Å². The molecule has 2 heterocycles. The maximum atomic E-state index is 12.0. The van der Waals surface area contributed by atoms with Crippen LogP contribution in [0.1, 0.15) is 44.1 Å². The maximum Gasteiger partial charge on any atom is 0.175 e. The molecule has 138 valence electrons. The second-order valence-electron chi connectivity index (χ2n) is 7.24. The van der Waals surface area contributed by atoms with Gasteiger partial charge in [0.2, 0.25) is 0 Å². The number of benzene rings is 1. The average Bonchev–Trinajstić information content (AvgIpc) is 2.90. The smallest absolute Gasteiger partial charge is 0.175 e. The van der Waals surface area contributed by atoms with E-state index in [4.69, 9.17) is 4.74 Å². The van der Waals surface area contributed by atoms with E-state index in [0.717, 1.165) is 35.4 Å². The normalized spacial score (nSPS) is 22.8. The third-order valence-corrected chi connectivity index (χ3v) is 6.63. The molecular formula is C21H25NO3S. The fourth-order valence-corrected chi connectivity index (χ4v) is 5.03. The minimum absolute atomic E-state index is 0.169. The predicted octanol–water partition coefficient (Wildman–Crippen LogP) is 4.27. The Hall–Kier alpha value is -2.01. The van der Waals surface area contributed by atoms with E-state index in [1.165, 1.54) is 31.1 Å². The number of rotatable bonds is 3. The lowest BCUT2D eigenvalue weighted by Crippen LogP contribution is -2.30. The molecule has 0 bridgehead atoms. The van der Waals surface area contributed by atoms with Crippen LogP contribution in [0.15, 0.2) is 53.7 Å². The molecule has 3 aliphatic rings. The van der Waals surface area contributed by atoms with Crippen molar-refractivity contribution in [3.63, 3.8) is 0 Å². The average molecular weight is 372 g/mol.